The Balaban J connectivity index is 0.00000200. The van der Waals surface area contributed by atoms with Gasteiger partial charge in [-0.1, -0.05) is 0 Å². The van der Waals surface area contributed by atoms with Gasteiger partial charge in [0.2, 0.25) is 5.75 Å². The van der Waals surface area contributed by atoms with Gasteiger partial charge in [-0.05, 0) is 24.1 Å². The van der Waals surface area contributed by atoms with Crippen molar-refractivity contribution in [3.8, 4) is 17.2 Å². The van der Waals surface area contributed by atoms with E-state index in [-0.39, 0.29) is 17.0 Å². The lowest BCUT2D eigenvalue weighted by Crippen LogP contribution is -2.20. The van der Waals surface area contributed by atoms with Gasteiger partial charge in [-0.15, -0.1) is 17.0 Å². The summed E-state index contributed by atoms with van der Waals surface area (Å²) < 4.78 is 16.0. The predicted molar refractivity (Wildman–Crippen MR) is 84.8 cm³/mol. The maximum Gasteiger partial charge on any atom is 0.203 e. The molecule has 1 N–H and O–H groups in total. The molecule has 0 fully saturated rings. The fourth-order valence-corrected chi connectivity index (χ4v) is 2.13. The van der Waals surface area contributed by atoms with Gasteiger partial charge >= 0.3 is 0 Å². The van der Waals surface area contributed by atoms with Crippen LogP contribution < -0.4 is 19.5 Å². The van der Waals surface area contributed by atoms with Crippen LogP contribution in [0.1, 0.15) is 18.4 Å². The second-order valence-corrected chi connectivity index (χ2v) is 4.32. The van der Waals surface area contributed by atoms with Crippen LogP contribution in [-0.4, -0.2) is 33.7 Å². The maximum atomic E-state index is 5.33. The second kappa shape index (κ2) is 7.99. The summed E-state index contributed by atoms with van der Waals surface area (Å²) in [4.78, 5) is 4.39. The first-order valence-electron chi connectivity index (χ1n) is 6.34. The van der Waals surface area contributed by atoms with Gasteiger partial charge < -0.3 is 19.5 Å². The zero-order chi connectivity index (χ0) is 13.7. The van der Waals surface area contributed by atoms with Gasteiger partial charge in [0.25, 0.3) is 0 Å². The highest BCUT2D eigenvalue weighted by atomic mass is 79.9. The summed E-state index contributed by atoms with van der Waals surface area (Å²) in [5, 5.41) is 3.34. The number of amidine groups is 1. The Hall–Kier alpha value is -1.43. The van der Waals surface area contributed by atoms with Crippen molar-refractivity contribution in [1.82, 2.24) is 5.32 Å². The number of aliphatic imine (C=N–C) groups is 1. The highest BCUT2D eigenvalue weighted by molar-refractivity contribution is 8.93. The molecule has 0 unspecified atom stereocenters. The standard InChI is InChI=1S/C14H20N2O3.BrH/c1-17-11-7-10(8-12(18-2)14(11)19-3)9-16-13-5-4-6-15-13;/h7-8H,4-6,9H2,1-3H3,(H,15,16);1H. The Morgan fingerprint density at radius 1 is 1.10 bits per heavy atom. The summed E-state index contributed by atoms with van der Waals surface area (Å²) in [6, 6.07) is 3.90. The van der Waals surface area contributed by atoms with Crippen molar-refractivity contribution in [1.29, 1.82) is 0 Å². The SMILES string of the molecule is Br.COc1cc(CNC2=NCCC2)cc(OC)c1OC. The quantitative estimate of drug-likeness (QED) is 0.891. The highest BCUT2D eigenvalue weighted by Crippen LogP contribution is 2.38. The third-order valence-corrected chi connectivity index (χ3v) is 3.10. The van der Waals surface area contributed by atoms with E-state index in [1.54, 1.807) is 21.3 Å². The molecule has 1 aromatic rings. The molecule has 0 saturated carbocycles. The smallest absolute Gasteiger partial charge is 0.203 e. The van der Waals surface area contributed by atoms with E-state index >= 15 is 0 Å². The van der Waals surface area contributed by atoms with Gasteiger partial charge in [-0.25, -0.2) is 0 Å². The maximum absolute atomic E-state index is 5.33. The van der Waals surface area contributed by atoms with Crippen LogP contribution in [0.4, 0.5) is 0 Å². The number of benzene rings is 1. The molecule has 0 aromatic heterocycles. The average Bonchev–Trinajstić information content (AvgIpc) is 2.97. The van der Waals surface area contributed by atoms with Crippen molar-refractivity contribution < 1.29 is 14.2 Å². The Morgan fingerprint density at radius 2 is 1.75 bits per heavy atom. The number of methoxy groups -OCH3 is 3. The van der Waals surface area contributed by atoms with Gasteiger partial charge in [-0.2, -0.15) is 0 Å². The molecule has 0 saturated heterocycles. The second-order valence-electron chi connectivity index (χ2n) is 4.32. The molecule has 5 nitrogen and oxygen atoms in total. The zero-order valence-corrected chi connectivity index (χ0v) is 13.8. The van der Waals surface area contributed by atoms with E-state index in [0.717, 1.165) is 30.8 Å². The fourth-order valence-electron chi connectivity index (χ4n) is 2.13. The third kappa shape index (κ3) is 3.79. The van der Waals surface area contributed by atoms with E-state index in [1.165, 1.54) is 0 Å². The largest absolute Gasteiger partial charge is 0.493 e. The average molecular weight is 345 g/mol. The Kier molecular flexibility index (Phi) is 6.64. The third-order valence-electron chi connectivity index (χ3n) is 3.10. The van der Waals surface area contributed by atoms with E-state index < -0.39 is 0 Å². The molecular formula is C14H21BrN2O3. The van der Waals surface area contributed by atoms with Crippen LogP contribution in [0, 0.1) is 0 Å². The van der Waals surface area contributed by atoms with Crippen LogP contribution in [0.25, 0.3) is 0 Å². The summed E-state index contributed by atoms with van der Waals surface area (Å²) in [7, 11) is 4.84. The normalized spacial score (nSPS) is 13.2. The van der Waals surface area contributed by atoms with Crippen molar-refractivity contribution in [2.75, 3.05) is 27.9 Å². The molecular weight excluding hydrogens is 324 g/mol. The lowest BCUT2D eigenvalue weighted by molar-refractivity contribution is 0.323. The molecule has 112 valence electrons. The fraction of sp³-hybridized carbons (Fsp3) is 0.500. The monoisotopic (exact) mass is 344 g/mol. The van der Waals surface area contributed by atoms with Gasteiger partial charge in [0.1, 0.15) is 0 Å². The lowest BCUT2D eigenvalue weighted by Gasteiger charge is -2.14. The molecule has 6 heteroatoms. The van der Waals surface area contributed by atoms with Crippen LogP contribution in [-0.2, 0) is 6.54 Å². The molecule has 1 heterocycles. The molecule has 0 bridgehead atoms. The minimum absolute atomic E-state index is 0. The minimum Gasteiger partial charge on any atom is -0.493 e. The van der Waals surface area contributed by atoms with Gasteiger partial charge in [0.05, 0.1) is 27.2 Å². The van der Waals surface area contributed by atoms with Crippen molar-refractivity contribution in [2.24, 2.45) is 4.99 Å². The number of ether oxygens (including phenoxy) is 3. The van der Waals surface area contributed by atoms with Gasteiger partial charge in [0, 0.05) is 19.5 Å². The van der Waals surface area contributed by atoms with Crippen LogP contribution in [0.5, 0.6) is 17.2 Å². The predicted octanol–water partition coefficient (Wildman–Crippen LogP) is 2.57. The van der Waals surface area contributed by atoms with E-state index in [1.807, 2.05) is 12.1 Å². The zero-order valence-electron chi connectivity index (χ0n) is 12.1. The van der Waals surface area contributed by atoms with Crippen molar-refractivity contribution in [3.63, 3.8) is 0 Å². The molecule has 0 spiro atoms. The van der Waals surface area contributed by atoms with Gasteiger partial charge in [-0.3, -0.25) is 4.99 Å². The summed E-state index contributed by atoms with van der Waals surface area (Å²) >= 11 is 0. The molecule has 1 aliphatic rings. The van der Waals surface area contributed by atoms with Crippen molar-refractivity contribution >= 4 is 22.8 Å². The van der Waals surface area contributed by atoms with Crippen molar-refractivity contribution in [3.05, 3.63) is 17.7 Å². The molecule has 1 aliphatic heterocycles. The first kappa shape index (κ1) is 16.6. The number of halogens is 1. The van der Waals surface area contributed by atoms with E-state index in [0.29, 0.717) is 23.8 Å². The van der Waals surface area contributed by atoms with Crippen LogP contribution >= 0.6 is 17.0 Å². The summed E-state index contributed by atoms with van der Waals surface area (Å²) in [5.41, 5.74) is 1.07. The Morgan fingerprint density at radius 3 is 2.20 bits per heavy atom. The summed E-state index contributed by atoms with van der Waals surface area (Å²) in [6.45, 7) is 1.63. The Labute approximate surface area is 130 Å². The number of rotatable bonds is 5. The number of nitrogens with zero attached hydrogens (tertiary/aromatic N) is 1. The highest BCUT2D eigenvalue weighted by Gasteiger charge is 2.13. The summed E-state index contributed by atoms with van der Waals surface area (Å²) in [6.07, 6.45) is 2.17. The molecule has 0 atom stereocenters. The molecule has 0 aliphatic carbocycles. The first-order chi connectivity index (χ1) is 9.28. The number of hydrogen-bond acceptors (Lipinski definition) is 5. The van der Waals surface area contributed by atoms with E-state index in [9.17, 15) is 0 Å². The van der Waals surface area contributed by atoms with E-state index in [2.05, 4.69) is 10.3 Å². The summed E-state index contributed by atoms with van der Waals surface area (Å²) in [5.74, 6) is 3.04. The lowest BCUT2D eigenvalue weighted by atomic mass is 10.1. The minimum atomic E-state index is 0. The van der Waals surface area contributed by atoms with E-state index in [4.69, 9.17) is 14.2 Å². The van der Waals surface area contributed by atoms with Gasteiger partial charge in [0.15, 0.2) is 11.5 Å². The molecule has 0 amide bonds. The number of hydrogen-bond donors (Lipinski definition) is 1. The van der Waals surface area contributed by atoms with Crippen molar-refractivity contribution in [2.45, 2.75) is 19.4 Å². The molecule has 1 aromatic carbocycles. The van der Waals surface area contributed by atoms with Crippen LogP contribution in [0.3, 0.4) is 0 Å². The van der Waals surface area contributed by atoms with Crippen LogP contribution in [0.15, 0.2) is 17.1 Å². The molecule has 20 heavy (non-hydrogen) atoms. The molecule has 2 rings (SSSR count). The molecule has 0 radical (unpaired) electrons. The number of nitrogens with one attached hydrogen (secondary N) is 1. The Bertz CT molecular complexity index is 452. The van der Waals surface area contributed by atoms with Crippen LogP contribution in [0.2, 0.25) is 0 Å². The first-order valence-corrected chi connectivity index (χ1v) is 6.34. The topological polar surface area (TPSA) is 52.1 Å².